The van der Waals surface area contributed by atoms with Crippen LogP contribution in [0.4, 0.5) is 0 Å². The molecule has 218 valence electrons. The highest BCUT2D eigenvalue weighted by molar-refractivity contribution is 6.24. The Morgan fingerprint density at radius 2 is 1.50 bits per heavy atom. The number of amides is 2. The summed E-state index contributed by atoms with van der Waals surface area (Å²) in [5, 5.41) is 25.0. The van der Waals surface area contributed by atoms with E-state index in [1.54, 1.807) is 36.4 Å². The molecule has 5 rings (SSSR count). The van der Waals surface area contributed by atoms with Crippen LogP contribution in [0.25, 0.3) is 45.4 Å². The van der Waals surface area contributed by atoms with E-state index in [1.165, 1.54) is 0 Å². The molecule has 0 unspecified atom stereocenters. The Hall–Kier alpha value is -4.62. The lowest BCUT2D eigenvalue weighted by molar-refractivity contribution is -0.115. The Morgan fingerprint density at radius 3 is 2.24 bits per heavy atom. The van der Waals surface area contributed by atoms with Crippen molar-refractivity contribution in [2.45, 2.75) is 12.8 Å². The predicted octanol–water partition coefficient (Wildman–Crippen LogP) is 1.08. The summed E-state index contributed by atoms with van der Waals surface area (Å²) in [7, 11) is 0. The average Bonchev–Trinajstić information content (AvgIpc) is 3.74. The molecule has 2 aliphatic heterocycles. The fraction of sp³-hybridized carbons (Fsp3) is 0.267. The van der Waals surface area contributed by atoms with Crippen molar-refractivity contribution in [3.05, 3.63) is 70.3 Å². The Bertz CT molecular complexity index is 1790. The number of aliphatic hydroxyl groups excluding tert-OH is 2. The highest BCUT2D eigenvalue weighted by atomic mass is 16.3. The minimum Gasteiger partial charge on any atom is -0.396 e. The van der Waals surface area contributed by atoms with Crippen LogP contribution in [0.15, 0.2) is 36.4 Å². The van der Waals surface area contributed by atoms with Gasteiger partial charge in [0.15, 0.2) is 0 Å². The lowest BCUT2D eigenvalue weighted by Gasteiger charge is -2.04. The third kappa shape index (κ3) is 6.31. The van der Waals surface area contributed by atoms with Gasteiger partial charge in [-0.25, -0.2) is 9.97 Å². The molecule has 0 aromatic carbocycles. The average molecular weight is 572 g/mol. The highest BCUT2D eigenvalue weighted by Gasteiger charge is 2.20. The van der Waals surface area contributed by atoms with Gasteiger partial charge in [0.05, 0.1) is 40.8 Å². The molecule has 0 spiro atoms. The molecule has 8 bridgehead atoms. The van der Waals surface area contributed by atoms with Gasteiger partial charge >= 0.3 is 0 Å². The number of rotatable bonds is 10. The van der Waals surface area contributed by atoms with Gasteiger partial charge in [-0.05, 0) is 72.5 Å². The van der Waals surface area contributed by atoms with Crippen LogP contribution in [0.5, 0.6) is 0 Å². The van der Waals surface area contributed by atoms with Crippen LogP contribution in [-0.2, 0) is 11.2 Å². The molecular weight excluding hydrogens is 536 g/mol. The van der Waals surface area contributed by atoms with Crippen molar-refractivity contribution < 1.29 is 21.2 Å². The fourth-order valence-electron chi connectivity index (χ4n) is 4.83. The molecule has 0 atom stereocenters. The minimum atomic E-state index is -0.372. The van der Waals surface area contributed by atoms with E-state index in [0.29, 0.717) is 62.4 Å². The van der Waals surface area contributed by atoms with E-state index in [0.717, 1.165) is 5.57 Å². The van der Waals surface area contributed by atoms with Gasteiger partial charge < -0.3 is 42.3 Å². The molecule has 12 nitrogen and oxygen atoms in total. The Morgan fingerprint density at radius 1 is 0.810 bits per heavy atom. The normalized spacial score (nSPS) is 12.9. The van der Waals surface area contributed by atoms with Gasteiger partial charge in [-0.1, -0.05) is 0 Å². The van der Waals surface area contributed by atoms with Crippen molar-refractivity contribution in [1.29, 1.82) is 0 Å². The molecule has 0 fully saturated rings. The van der Waals surface area contributed by atoms with Crippen LogP contribution in [0.1, 0.15) is 46.5 Å². The van der Waals surface area contributed by atoms with E-state index in [4.69, 9.17) is 22.8 Å². The number of carbonyl (C=O) groups is 2. The molecule has 2 amide bonds. The summed E-state index contributed by atoms with van der Waals surface area (Å²) in [6.07, 6.45) is 4.09. The highest BCUT2D eigenvalue weighted by Crippen LogP contribution is 2.29. The maximum atomic E-state index is 13.1. The zero-order valence-electron chi connectivity index (χ0n) is 24.0. The molecule has 0 saturated carbocycles. The predicted molar refractivity (Wildman–Crippen MR) is 163 cm³/mol. The first kappa shape index (κ1) is 27.5. The van der Waals surface area contributed by atoms with Crippen LogP contribution < -0.4 is 22.1 Å². The zero-order valence-corrected chi connectivity index (χ0v) is 23.0. The first-order chi connectivity index (χ1) is 20.8. The van der Waals surface area contributed by atoms with E-state index in [1.807, 2.05) is 6.08 Å². The number of hydrogen-bond acceptors (Lipinski definition) is 8. The number of H-pyrrole nitrogens is 2. The van der Waals surface area contributed by atoms with E-state index in [9.17, 15) is 19.8 Å². The molecule has 0 radical (unpaired) electrons. The summed E-state index contributed by atoms with van der Waals surface area (Å²) >= 11 is 0. The van der Waals surface area contributed by atoms with Crippen molar-refractivity contribution >= 4 is 57.2 Å². The van der Waals surface area contributed by atoms with Crippen LogP contribution in [0.2, 0.25) is 0 Å². The fourth-order valence-corrected chi connectivity index (χ4v) is 4.83. The smallest absolute Gasteiger partial charge is 0.253 e. The number of nitrogens with zero attached hydrogens (tertiary/aromatic N) is 2. The first-order valence-electron chi connectivity index (χ1n) is 14.2. The van der Waals surface area contributed by atoms with Crippen LogP contribution in [0.3, 0.4) is 0 Å². The Labute approximate surface area is 243 Å². The van der Waals surface area contributed by atoms with Gasteiger partial charge in [-0.3, -0.25) is 9.59 Å². The monoisotopic (exact) mass is 571 g/mol. The molecular formula is C30H34N8O4. The molecule has 0 saturated heterocycles. The standard InChI is InChI=1S/C30H34N8O4/c31-3-5-33-29(41)23-12-21-11-19-9-17(1-7-39)25(35-19)14-20-10-18(2-8-40)26(36-20)15-22-13-24(30(42)34-6-4-32)28(38-22)16-27(23)37-21/h9-16,35,37,39-40H,1-8,31-32H2,(H,33,41)(H,34,42)/i9D. The van der Waals surface area contributed by atoms with Crippen LogP contribution >= 0.6 is 0 Å². The second-order valence-electron chi connectivity index (χ2n) is 9.79. The lowest BCUT2D eigenvalue weighted by atomic mass is 10.1. The summed E-state index contributed by atoms with van der Waals surface area (Å²) in [5.74, 6) is -0.740. The number of hydrogen-bond donors (Lipinski definition) is 8. The number of aromatic amines is 2. The van der Waals surface area contributed by atoms with Crippen molar-refractivity contribution in [1.82, 2.24) is 30.6 Å². The van der Waals surface area contributed by atoms with Crippen molar-refractivity contribution in [2.24, 2.45) is 11.5 Å². The summed E-state index contributed by atoms with van der Waals surface area (Å²) < 4.78 is 8.81. The van der Waals surface area contributed by atoms with Crippen LogP contribution in [0, 0.1) is 0 Å². The maximum absolute atomic E-state index is 13.1. The number of aromatic nitrogens is 4. The second-order valence-corrected chi connectivity index (χ2v) is 9.79. The van der Waals surface area contributed by atoms with Gasteiger partial charge in [0, 0.05) is 55.9 Å². The van der Waals surface area contributed by atoms with Crippen molar-refractivity contribution in [2.75, 3.05) is 39.4 Å². The molecule has 3 aromatic heterocycles. The van der Waals surface area contributed by atoms with Gasteiger partial charge in [-0.2, -0.15) is 0 Å². The summed E-state index contributed by atoms with van der Waals surface area (Å²) in [5.41, 5.74) is 17.1. The van der Waals surface area contributed by atoms with Gasteiger partial charge in [0.25, 0.3) is 11.8 Å². The summed E-state index contributed by atoms with van der Waals surface area (Å²) in [6, 6.07) is 8.71. The van der Waals surface area contributed by atoms with Crippen molar-refractivity contribution in [3.8, 4) is 0 Å². The molecule has 5 heterocycles. The van der Waals surface area contributed by atoms with E-state index in [-0.39, 0.29) is 69.2 Å². The summed E-state index contributed by atoms with van der Waals surface area (Å²) in [6.45, 7) is 0.823. The number of aliphatic hydroxyl groups is 2. The SMILES string of the molecule is [2H]c1c(CCO)c2cc3nc(cc4nc(cc5[nH]c(cc5C(=O)NCCN)cc1[nH]2)C(C(=O)NCCN)=C4)C(CCO)=C3. The quantitative estimate of drug-likeness (QED) is 0.176. The lowest BCUT2D eigenvalue weighted by Crippen LogP contribution is -2.29. The molecule has 3 aromatic rings. The van der Waals surface area contributed by atoms with Crippen molar-refractivity contribution in [3.63, 3.8) is 0 Å². The largest absolute Gasteiger partial charge is 0.396 e. The molecule has 10 N–H and O–H groups in total. The second kappa shape index (κ2) is 12.9. The number of carbonyl (C=O) groups excluding carboxylic acids is 2. The third-order valence-electron chi connectivity index (χ3n) is 6.72. The number of fused-ring (bicyclic) bond motifs is 8. The van der Waals surface area contributed by atoms with E-state index < -0.39 is 0 Å². The van der Waals surface area contributed by atoms with E-state index in [2.05, 4.69) is 20.6 Å². The minimum absolute atomic E-state index is 0.0929. The Kier molecular flexibility index (Phi) is 8.47. The van der Waals surface area contributed by atoms with E-state index >= 15 is 0 Å². The van der Waals surface area contributed by atoms with Gasteiger partial charge in [-0.15, -0.1) is 0 Å². The third-order valence-corrected chi connectivity index (χ3v) is 6.72. The number of nitrogens with one attached hydrogen (secondary N) is 4. The Balaban J connectivity index is 1.85. The number of nitrogens with two attached hydrogens (primary N) is 2. The van der Waals surface area contributed by atoms with Crippen LogP contribution in [-0.4, -0.2) is 81.4 Å². The van der Waals surface area contributed by atoms with Gasteiger partial charge in [0.2, 0.25) is 0 Å². The molecule has 0 aliphatic carbocycles. The molecule has 42 heavy (non-hydrogen) atoms. The molecule has 12 heteroatoms. The molecule has 2 aliphatic rings. The summed E-state index contributed by atoms with van der Waals surface area (Å²) in [4.78, 5) is 42.2. The topological polar surface area (TPSA) is 208 Å². The first-order valence-corrected chi connectivity index (χ1v) is 13.7. The zero-order chi connectivity index (χ0) is 30.5. The van der Waals surface area contributed by atoms with Gasteiger partial charge in [0.1, 0.15) is 0 Å². The maximum Gasteiger partial charge on any atom is 0.253 e.